The Morgan fingerprint density at radius 2 is 1.84 bits per heavy atom. The first-order valence-corrected chi connectivity index (χ1v) is 12.0. The summed E-state index contributed by atoms with van der Waals surface area (Å²) in [6.45, 7) is 5.88. The molecule has 0 fully saturated rings. The summed E-state index contributed by atoms with van der Waals surface area (Å²) in [6.07, 6.45) is 2.35. The number of rotatable bonds is 6. The fourth-order valence-corrected chi connectivity index (χ4v) is 4.87. The molecule has 1 N–H and O–H groups in total. The third-order valence-electron chi connectivity index (χ3n) is 4.98. The minimum absolute atomic E-state index is 0.254. The molecule has 0 spiro atoms. The third kappa shape index (κ3) is 4.85. The van der Waals surface area contributed by atoms with Gasteiger partial charge in [-0.2, -0.15) is 0 Å². The Labute approximate surface area is 193 Å². The van der Waals surface area contributed by atoms with Crippen molar-refractivity contribution in [2.45, 2.75) is 38.0 Å². The van der Waals surface area contributed by atoms with Gasteiger partial charge in [0, 0.05) is 45.1 Å². The monoisotopic (exact) mass is 497 g/mol. The quantitative estimate of drug-likeness (QED) is 0.331. The van der Waals surface area contributed by atoms with Gasteiger partial charge in [-0.1, -0.05) is 51.4 Å². The fourth-order valence-electron chi connectivity index (χ4n) is 3.41. The lowest BCUT2D eigenvalue weighted by molar-refractivity contribution is 0.459. The lowest BCUT2D eigenvalue weighted by Crippen LogP contribution is -2.42. The molecular formula is C24H24BrN3O2S. The largest absolute Gasteiger partial charge is 0.598 e. The second-order valence-electron chi connectivity index (χ2n) is 8.31. The maximum atomic E-state index is 13.1. The summed E-state index contributed by atoms with van der Waals surface area (Å²) in [7, 11) is 0. The Bertz CT molecular complexity index is 1170. The molecule has 0 unspecified atom stereocenters. The normalized spacial score (nSPS) is 14.0. The number of para-hydroxylation sites is 1. The molecule has 2 heterocycles. The smallest absolute Gasteiger partial charge is 0.167 e. The van der Waals surface area contributed by atoms with Gasteiger partial charge in [-0.15, -0.1) is 4.72 Å². The molecule has 4 rings (SSSR count). The Hall–Kier alpha value is -2.19. The van der Waals surface area contributed by atoms with Crippen molar-refractivity contribution in [3.8, 4) is 11.3 Å². The van der Waals surface area contributed by atoms with Crippen molar-refractivity contribution in [3.63, 3.8) is 0 Å². The standard InChI is InChI=1S/C24H24BrN3O2S/c1-24(2,3)31(29)28-20(15-16-9-6-7-14-26-16)22-18(11-8-12-19(22)25)23-17-10-4-5-13-21(17)30-27-23/h4-14,20,28H,15H2,1-3H3/t20-,31-/m0/s1. The molecule has 0 bridgehead atoms. The average Bonchev–Trinajstić information content (AvgIpc) is 3.17. The van der Waals surface area contributed by atoms with E-state index in [1.54, 1.807) is 6.20 Å². The number of aromatic nitrogens is 2. The van der Waals surface area contributed by atoms with Crippen LogP contribution >= 0.6 is 15.9 Å². The molecule has 160 valence electrons. The van der Waals surface area contributed by atoms with E-state index < -0.39 is 16.1 Å². The molecule has 0 saturated heterocycles. The molecule has 0 aliphatic rings. The van der Waals surface area contributed by atoms with Gasteiger partial charge >= 0.3 is 0 Å². The van der Waals surface area contributed by atoms with Crippen molar-refractivity contribution >= 4 is 38.3 Å². The van der Waals surface area contributed by atoms with Crippen LogP contribution in [0.1, 0.15) is 38.1 Å². The summed E-state index contributed by atoms with van der Waals surface area (Å²) in [5.41, 5.74) is 4.32. The number of hydrogen-bond acceptors (Lipinski definition) is 5. The van der Waals surface area contributed by atoms with Crippen molar-refractivity contribution in [2.75, 3.05) is 0 Å². The van der Waals surface area contributed by atoms with E-state index in [0.29, 0.717) is 6.42 Å². The van der Waals surface area contributed by atoms with E-state index in [-0.39, 0.29) is 6.04 Å². The first kappa shape index (κ1) is 22.0. The van der Waals surface area contributed by atoms with E-state index in [4.69, 9.17) is 4.52 Å². The molecule has 2 atom stereocenters. The van der Waals surface area contributed by atoms with Gasteiger partial charge in [-0.3, -0.25) is 4.98 Å². The zero-order chi connectivity index (χ0) is 22.0. The Morgan fingerprint density at radius 3 is 2.58 bits per heavy atom. The summed E-state index contributed by atoms with van der Waals surface area (Å²) in [5.74, 6) is 0. The summed E-state index contributed by atoms with van der Waals surface area (Å²) in [4.78, 5) is 4.50. The molecule has 0 aliphatic carbocycles. The van der Waals surface area contributed by atoms with Gasteiger partial charge in [0.05, 0.1) is 6.04 Å². The van der Waals surface area contributed by atoms with Crippen LogP contribution in [0.5, 0.6) is 0 Å². The molecule has 0 aliphatic heterocycles. The lowest BCUT2D eigenvalue weighted by Gasteiger charge is -2.29. The van der Waals surface area contributed by atoms with Gasteiger partial charge < -0.3 is 9.08 Å². The molecular weight excluding hydrogens is 474 g/mol. The molecule has 0 saturated carbocycles. The zero-order valence-electron chi connectivity index (χ0n) is 17.6. The Kier molecular flexibility index (Phi) is 6.48. The SMILES string of the molecule is CC(C)(C)[S@+]([O-])N[C@@H](Cc1ccccn1)c1c(Br)cccc1-c1noc2ccccc12. The van der Waals surface area contributed by atoms with Gasteiger partial charge in [0.1, 0.15) is 10.4 Å². The lowest BCUT2D eigenvalue weighted by atomic mass is 9.94. The first-order valence-electron chi connectivity index (χ1n) is 10.1. The molecule has 5 nitrogen and oxygen atoms in total. The van der Waals surface area contributed by atoms with Gasteiger partial charge in [0.15, 0.2) is 5.58 Å². The predicted molar refractivity (Wildman–Crippen MR) is 129 cm³/mol. The molecule has 2 aromatic heterocycles. The van der Waals surface area contributed by atoms with Crippen molar-refractivity contribution < 1.29 is 9.08 Å². The van der Waals surface area contributed by atoms with Crippen LogP contribution in [0.4, 0.5) is 0 Å². The average molecular weight is 498 g/mol. The number of pyridine rings is 1. The van der Waals surface area contributed by atoms with E-state index in [9.17, 15) is 4.55 Å². The highest BCUT2D eigenvalue weighted by molar-refractivity contribution is 9.10. The molecule has 0 amide bonds. The van der Waals surface area contributed by atoms with Gasteiger partial charge in [0.2, 0.25) is 0 Å². The first-order chi connectivity index (χ1) is 14.8. The van der Waals surface area contributed by atoms with E-state index in [2.05, 4.69) is 30.8 Å². The Balaban J connectivity index is 1.84. The highest BCUT2D eigenvalue weighted by atomic mass is 79.9. The van der Waals surface area contributed by atoms with Gasteiger partial charge in [-0.25, -0.2) is 0 Å². The summed E-state index contributed by atoms with van der Waals surface area (Å²) in [5, 5.41) is 5.31. The number of nitrogens with one attached hydrogen (secondary N) is 1. The van der Waals surface area contributed by atoms with Crippen LogP contribution in [0.15, 0.2) is 75.9 Å². The van der Waals surface area contributed by atoms with Crippen LogP contribution in [0.3, 0.4) is 0 Å². The number of nitrogens with zero attached hydrogens (tertiary/aromatic N) is 2. The van der Waals surface area contributed by atoms with Crippen LogP contribution in [0.2, 0.25) is 0 Å². The molecule has 0 radical (unpaired) electrons. The highest BCUT2D eigenvalue weighted by Crippen LogP contribution is 2.38. The maximum Gasteiger partial charge on any atom is 0.167 e. The summed E-state index contributed by atoms with van der Waals surface area (Å²) in [6, 6.07) is 19.4. The number of halogens is 1. The topological polar surface area (TPSA) is 74.0 Å². The van der Waals surface area contributed by atoms with E-state index in [1.165, 1.54) is 0 Å². The van der Waals surface area contributed by atoms with Gasteiger partial charge in [-0.05, 0) is 56.7 Å². The van der Waals surface area contributed by atoms with Crippen LogP contribution in [-0.4, -0.2) is 19.4 Å². The maximum absolute atomic E-state index is 13.1. The molecule has 4 aromatic rings. The fraction of sp³-hybridized carbons (Fsp3) is 0.250. The van der Waals surface area contributed by atoms with Crippen molar-refractivity contribution in [2.24, 2.45) is 0 Å². The van der Waals surface area contributed by atoms with Gasteiger partial charge in [0.25, 0.3) is 0 Å². The second-order valence-corrected chi connectivity index (χ2v) is 11.2. The second kappa shape index (κ2) is 9.12. The van der Waals surface area contributed by atoms with Crippen LogP contribution in [-0.2, 0) is 17.8 Å². The Morgan fingerprint density at radius 1 is 1.06 bits per heavy atom. The number of benzene rings is 2. The van der Waals surface area contributed by atoms with Crippen LogP contribution in [0, 0.1) is 0 Å². The van der Waals surface area contributed by atoms with Crippen LogP contribution in [0.25, 0.3) is 22.2 Å². The summed E-state index contributed by atoms with van der Waals surface area (Å²) < 4.78 is 22.5. The zero-order valence-corrected chi connectivity index (χ0v) is 20.0. The van der Waals surface area contributed by atoms with Crippen molar-refractivity contribution in [3.05, 3.63) is 82.6 Å². The minimum atomic E-state index is -1.27. The van der Waals surface area contributed by atoms with E-state index in [1.807, 2.05) is 81.4 Å². The molecule has 2 aromatic carbocycles. The third-order valence-corrected chi connectivity index (χ3v) is 7.28. The minimum Gasteiger partial charge on any atom is -0.598 e. The molecule has 7 heteroatoms. The predicted octanol–water partition coefficient (Wildman–Crippen LogP) is 5.99. The van der Waals surface area contributed by atoms with Crippen LogP contribution < -0.4 is 4.72 Å². The van der Waals surface area contributed by atoms with E-state index in [0.717, 1.165) is 38.0 Å². The molecule has 31 heavy (non-hydrogen) atoms. The van der Waals surface area contributed by atoms with Crippen molar-refractivity contribution in [1.82, 2.24) is 14.9 Å². The summed E-state index contributed by atoms with van der Waals surface area (Å²) >= 11 is 2.46. The number of hydrogen-bond donors (Lipinski definition) is 1. The number of fused-ring (bicyclic) bond motifs is 1. The highest BCUT2D eigenvalue weighted by Gasteiger charge is 2.32. The van der Waals surface area contributed by atoms with Crippen molar-refractivity contribution in [1.29, 1.82) is 0 Å². The van der Waals surface area contributed by atoms with E-state index >= 15 is 0 Å².